The third-order valence-corrected chi connectivity index (χ3v) is 14.0. The van der Waals surface area contributed by atoms with E-state index >= 15 is 0 Å². The van der Waals surface area contributed by atoms with Gasteiger partial charge in [0.25, 0.3) is 0 Å². The summed E-state index contributed by atoms with van der Waals surface area (Å²) >= 11 is 0. The molecule has 0 aliphatic carbocycles. The van der Waals surface area contributed by atoms with E-state index in [0.717, 1.165) is 64.2 Å². The number of hydrogen-bond acceptors (Lipinski definition) is 6. The minimum absolute atomic E-state index is 0.0937. The van der Waals surface area contributed by atoms with Gasteiger partial charge in [-0.2, -0.15) is 0 Å². The van der Waals surface area contributed by atoms with Crippen LogP contribution < -0.4 is 0 Å². The number of carbonyl (C=O) groups is 3. The first-order chi connectivity index (χ1) is 36.0. The molecule has 1 atom stereocenters. The Morgan fingerprint density at radius 1 is 0.288 bits per heavy atom. The van der Waals surface area contributed by atoms with Gasteiger partial charge in [-0.05, 0) is 70.6 Å². The van der Waals surface area contributed by atoms with Gasteiger partial charge in [0.2, 0.25) is 0 Å². The van der Waals surface area contributed by atoms with E-state index in [1.807, 2.05) is 6.08 Å². The van der Waals surface area contributed by atoms with Crippen molar-refractivity contribution in [2.75, 3.05) is 13.2 Å². The van der Waals surface area contributed by atoms with Crippen LogP contribution >= 0.6 is 0 Å². The Morgan fingerprint density at radius 3 is 0.918 bits per heavy atom. The van der Waals surface area contributed by atoms with Crippen LogP contribution in [0.4, 0.5) is 0 Å². The molecule has 0 aromatic heterocycles. The lowest BCUT2D eigenvalue weighted by Gasteiger charge is -2.18. The minimum atomic E-state index is -0.803. The summed E-state index contributed by atoms with van der Waals surface area (Å²) in [4.78, 5) is 38.2. The van der Waals surface area contributed by atoms with Crippen molar-refractivity contribution in [3.8, 4) is 0 Å². The Balaban J connectivity index is 4.31. The number of unbranched alkanes of at least 4 members (excludes halogenated alkanes) is 37. The van der Waals surface area contributed by atoms with Gasteiger partial charge in [0.1, 0.15) is 13.2 Å². The fourth-order valence-electron chi connectivity index (χ4n) is 9.28. The number of allylic oxidation sites excluding steroid dienone is 10. The second-order valence-corrected chi connectivity index (χ2v) is 21.3. The SMILES string of the molecule is CC/C=C\C/C=C\C/C=C\C/C=C\CCC(=O)OCC(COC(=O)CCCCCCCCCCCCCCCCCCCCCCCCC)OC(=O)CCCCCCCCCCC/C=C\CCCCCCCC. The van der Waals surface area contributed by atoms with Gasteiger partial charge >= 0.3 is 17.9 Å². The molecule has 0 fully saturated rings. The highest BCUT2D eigenvalue weighted by molar-refractivity contribution is 5.71. The molecule has 0 bridgehead atoms. The lowest BCUT2D eigenvalue weighted by molar-refractivity contribution is -0.166. The first kappa shape index (κ1) is 70.1. The molecule has 424 valence electrons. The molecule has 0 heterocycles. The quantitative estimate of drug-likeness (QED) is 0.0261. The third-order valence-electron chi connectivity index (χ3n) is 14.0. The van der Waals surface area contributed by atoms with Gasteiger partial charge in [-0.1, -0.05) is 300 Å². The summed E-state index contributed by atoms with van der Waals surface area (Å²) in [6.45, 7) is 6.50. The summed E-state index contributed by atoms with van der Waals surface area (Å²) in [5.74, 6) is -0.964. The maximum absolute atomic E-state index is 12.9. The largest absolute Gasteiger partial charge is 0.462 e. The van der Waals surface area contributed by atoms with Crippen LogP contribution in [0.5, 0.6) is 0 Å². The fraction of sp³-hybridized carbons (Fsp3) is 0.806. The average Bonchev–Trinajstić information content (AvgIpc) is 3.39. The standard InChI is InChI=1S/C67H120O6/c1-4-7-10-13-16-19-22-25-27-29-31-32-33-34-36-37-39-42-45-48-51-54-57-60-66(69)72-63-64(62-71-65(68)59-56-53-50-47-44-41-24-21-18-15-12-9-6-3)73-67(70)61-58-55-52-49-46-43-40-38-35-30-28-26-23-20-17-14-11-8-5-2/h9,12,18,21,26,28,41,44,50,53,64H,4-8,10-11,13-17,19-20,22-25,27,29-40,42-43,45-49,51-52,54-63H2,1-3H3/b12-9-,21-18-,28-26-,44-41-,53-50-. The zero-order valence-corrected chi connectivity index (χ0v) is 48.7. The summed E-state index contributed by atoms with van der Waals surface area (Å²) in [7, 11) is 0. The second kappa shape index (κ2) is 61.7. The molecule has 0 amide bonds. The van der Waals surface area contributed by atoms with Crippen molar-refractivity contribution in [2.45, 2.75) is 335 Å². The van der Waals surface area contributed by atoms with Crippen molar-refractivity contribution < 1.29 is 28.6 Å². The van der Waals surface area contributed by atoms with Crippen LogP contribution in [0, 0.1) is 0 Å². The van der Waals surface area contributed by atoms with E-state index < -0.39 is 6.10 Å². The van der Waals surface area contributed by atoms with Crippen LogP contribution in [0.2, 0.25) is 0 Å². The Kier molecular flexibility index (Phi) is 59.2. The van der Waals surface area contributed by atoms with E-state index in [1.165, 1.54) is 218 Å². The number of ether oxygens (including phenoxy) is 3. The zero-order valence-electron chi connectivity index (χ0n) is 48.7. The molecular formula is C67H120O6. The van der Waals surface area contributed by atoms with Crippen molar-refractivity contribution in [3.05, 3.63) is 60.8 Å². The van der Waals surface area contributed by atoms with Crippen LogP contribution in [-0.4, -0.2) is 37.2 Å². The molecule has 6 heteroatoms. The van der Waals surface area contributed by atoms with Crippen molar-refractivity contribution in [3.63, 3.8) is 0 Å². The number of hydrogen-bond donors (Lipinski definition) is 0. The molecular weight excluding hydrogens is 901 g/mol. The monoisotopic (exact) mass is 1020 g/mol. The van der Waals surface area contributed by atoms with Crippen LogP contribution in [0.25, 0.3) is 0 Å². The van der Waals surface area contributed by atoms with Crippen LogP contribution in [0.1, 0.15) is 329 Å². The van der Waals surface area contributed by atoms with E-state index in [1.54, 1.807) is 0 Å². The predicted molar refractivity (Wildman–Crippen MR) is 316 cm³/mol. The van der Waals surface area contributed by atoms with Gasteiger partial charge in [-0.3, -0.25) is 14.4 Å². The highest BCUT2D eigenvalue weighted by atomic mass is 16.6. The van der Waals surface area contributed by atoms with E-state index in [9.17, 15) is 14.4 Å². The molecule has 0 aliphatic rings. The topological polar surface area (TPSA) is 78.9 Å². The van der Waals surface area contributed by atoms with E-state index in [2.05, 4.69) is 75.5 Å². The van der Waals surface area contributed by atoms with Crippen LogP contribution in [-0.2, 0) is 28.6 Å². The molecule has 0 saturated heterocycles. The molecule has 6 nitrogen and oxygen atoms in total. The van der Waals surface area contributed by atoms with Gasteiger partial charge in [0, 0.05) is 19.3 Å². The van der Waals surface area contributed by atoms with Crippen LogP contribution in [0.3, 0.4) is 0 Å². The molecule has 1 unspecified atom stereocenters. The lowest BCUT2D eigenvalue weighted by Crippen LogP contribution is -2.30. The highest BCUT2D eigenvalue weighted by Crippen LogP contribution is 2.17. The lowest BCUT2D eigenvalue weighted by atomic mass is 10.0. The molecule has 0 aromatic rings. The number of carbonyl (C=O) groups excluding carboxylic acids is 3. The van der Waals surface area contributed by atoms with Gasteiger partial charge in [0.05, 0.1) is 0 Å². The Labute approximate surface area is 453 Å². The fourth-order valence-corrected chi connectivity index (χ4v) is 9.28. The summed E-state index contributed by atoms with van der Waals surface area (Å²) in [5, 5.41) is 0. The maximum atomic E-state index is 12.9. The zero-order chi connectivity index (χ0) is 52.9. The third kappa shape index (κ3) is 59.9. The van der Waals surface area contributed by atoms with Gasteiger partial charge in [-0.25, -0.2) is 0 Å². The smallest absolute Gasteiger partial charge is 0.306 e. The summed E-state index contributed by atoms with van der Waals surface area (Å²) in [6, 6.07) is 0. The summed E-state index contributed by atoms with van der Waals surface area (Å²) < 4.78 is 16.8. The molecule has 0 saturated carbocycles. The van der Waals surface area contributed by atoms with E-state index in [-0.39, 0.29) is 37.5 Å². The first-order valence-electron chi connectivity index (χ1n) is 31.8. The Bertz CT molecular complexity index is 1310. The van der Waals surface area contributed by atoms with Crippen molar-refractivity contribution in [1.82, 2.24) is 0 Å². The average molecular weight is 1020 g/mol. The predicted octanol–water partition coefficient (Wildman–Crippen LogP) is 21.6. The molecule has 0 rings (SSSR count). The van der Waals surface area contributed by atoms with Crippen molar-refractivity contribution in [2.24, 2.45) is 0 Å². The van der Waals surface area contributed by atoms with Gasteiger partial charge in [-0.15, -0.1) is 0 Å². The molecule has 0 aromatic carbocycles. The van der Waals surface area contributed by atoms with Crippen LogP contribution in [0.15, 0.2) is 60.8 Å². The Morgan fingerprint density at radius 2 is 0.562 bits per heavy atom. The molecule has 0 radical (unpaired) electrons. The maximum Gasteiger partial charge on any atom is 0.306 e. The normalized spacial score (nSPS) is 12.4. The van der Waals surface area contributed by atoms with Gasteiger partial charge < -0.3 is 14.2 Å². The van der Waals surface area contributed by atoms with Crippen molar-refractivity contribution in [1.29, 1.82) is 0 Å². The Hall–Kier alpha value is -2.89. The van der Waals surface area contributed by atoms with Gasteiger partial charge in [0.15, 0.2) is 6.10 Å². The first-order valence-corrected chi connectivity index (χ1v) is 31.8. The van der Waals surface area contributed by atoms with Crippen molar-refractivity contribution >= 4 is 17.9 Å². The molecule has 0 spiro atoms. The highest BCUT2D eigenvalue weighted by Gasteiger charge is 2.19. The summed E-state index contributed by atoms with van der Waals surface area (Å²) in [6.07, 6.45) is 78.2. The van der Waals surface area contributed by atoms with E-state index in [0.29, 0.717) is 19.3 Å². The minimum Gasteiger partial charge on any atom is -0.462 e. The number of esters is 3. The molecule has 73 heavy (non-hydrogen) atoms. The second-order valence-electron chi connectivity index (χ2n) is 21.3. The molecule has 0 aliphatic heterocycles. The summed E-state index contributed by atoms with van der Waals surface area (Å²) in [5.41, 5.74) is 0. The molecule has 0 N–H and O–H groups in total. The number of rotatable bonds is 58. The van der Waals surface area contributed by atoms with E-state index in [4.69, 9.17) is 14.2 Å².